The summed E-state index contributed by atoms with van der Waals surface area (Å²) < 4.78 is 0. The van der Waals surface area contributed by atoms with Crippen molar-refractivity contribution in [1.29, 1.82) is 0 Å². The lowest BCUT2D eigenvalue weighted by Gasteiger charge is -2.36. The monoisotopic (exact) mass is 415 g/mol. The van der Waals surface area contributed by atoms with Crippen LogP contribution in [0.5, 0.6) is 0 Å². The summed E-state index contributed by atoms with van der Waals surface area (Å²) in [4.78, 5) is 18.8. The number of halogens is 1. The Morgan fingerprint density at radius 3 is 2.60 bits per heavy atom. The molecule has 0 fully saturated rings. The molecule has 0 unspecified atom stereocenters. The fourth-order valence-electron chi connectivity index (χ4n) is 4.29. The fourth-order valence-corrected chi connectivity index (χ4v) is 4.46. The van der Waals surface area contributed by atoms with E-state index in [-0.39, 0.29) is 12.1 Å². The van der Waals surface area contributed by atoms with Gasteiger partial charge in [-0.3, -0.25) is 0 Å². The van der Waals surface area contributed by atoms with Crippen molar-refractivity contribution in [2.75, 3.05) is 11.9 Å². The highest BCUT2D eigenvalue weighted by Gasteiger charge is 2.34. The van der Waals surface area contributed by atoms with Crippen LogP contribution in [0.1, 0.15) is 28.4 Å². The predicted molar refractivity (Wildman–Crippen MR) is 122 cm³/mol. The number of hydrogen-bond donors (Lipinski definition) is 2. The third kappa shape index (κ3) is 3.33. The Kier molecular flexibility index (Phi) is 4.72. The molecule has 2 amide bonds. The number of hydrogen-bond acceptors (Lipinski definition) is 1. The van der Waals surface area contributed by atoms with Crippen LogP contribution in [0, 0.1) is 6.92 Å². The van der Waals surface area contributed by atoms with Gasteiger partial charge in [0.2, 0.25) is 0 Å². The first-order chi connectivity index (χ1) is 14.6. The molecule has 0 saturated heterocycles. The van der Waals surface area contributed by atoms with E-state index in [1.807, 2.05) is 53.4 Å². The molecule has 4 nitrogen and oxygen atoms in total. The van der Waals surface area contributed by atoms with Gasteiger partial charge in [0, 0.05) is 33.9 Å². The molecule has 0 aliphatic carbocycles. The molecular weight excluding hydrogens is 394 g/mol. The third-order valence-corrected chi connectivity index (χ3v) is 6.00. The molecule has 1 aromatic heterocycles. The van der Waals surface area contributed by atoms with Gasteiger partial charge in [-0.05, 0) is 54.8 Å². The van der Waals surface area contributed by atoms with Gasteiger partial charge in [0.1, 0.15) is 0 Å². The summed E-state index contributed by atoms with van der Waals surface area (Å²) in [5.74, 6) is 0. The number of urea groups is 1. The molecule has 2 N–H and O–H groups in total. The summed E-state index contributed by atoms with van der Waals surface area (Å²) in [6, 6.07) is 23.6. The van der Waals surface area contributed by atoms with E-state index < -0.39 is 0 Å². The second kappa shape index (κ2) is 7.54. The summed E-state index contributed by atoms with van der Waals surface area (Å²) in [7, 11) is 0. The highest BCUT2D eigenvalue weighted by atomic mass is 35.5. The fraction of sp³-hybridized carbons (Fsp3) is 0.160. The molecule has 1 aliphatic heterocycles. The molecule has 2 heterocycles. The van der Waals surface area contributed by atoms with Crippen molar-refractivity contribution in [3.8, 4) is 0 Å². The maximum absolute atomic E-state index is 13.3. The Hall–Kier alpha value is -3.24. The SMILES string of the molecule is Cc1ccc([C@H]2c3[nH]c4ccc(Cl)cc4c3CCN2C(=O)Nc2ccccc2)cc1. The molecule has 1 atom stereocenters. The summed E-state index contributed by atoms with van der Waals surface area (Å²) in [6.45, 7) is 2.70. The van der Waals surface area contributed by atoms with Crippen molar-refractivity contribution in [3.63, 3.8) is 0 Å². The van der Waals surface area contributed by atoms with E-state index in [2.05, 4.69) is 41.5 Å². The maximum Gasteiger partial charge on any atom is 0.322 e. The Morgan fingerprint density at radius 2 is 1.83 bits per heavy atom. The van der Waals surface area contributed by atoms with Crippen molar-refractivity contribution < 1.29 is 4.79 Å². The van der Waals surface area contributed by atoms with Crippen molar-refractivity contribution >= 4 is 34.2 Å². The average molecular weight is 416 g/mol. The van der Waals surface area contributed by atoms with Crippen molar-refractivity contribution in [3.05, 3.63) is 100 Å². The van der Waals surface area contributed by atoms with Crippen LogP contribution in [0.15, 0.2) is 72.8 Å². The molecule has 30 heavy (non-hydrogen) atoms. The number of aromatic amines is 1. The number of carbonyl (C=O) groups excluding carboxylic acids is 1. The number of benzene rings is 3. The Morgan fingerprint density at radius 1 is 1.07 bits per heavy atom. The van der Waals surface area contributed by atoms with Gasteiger partial charge in [-0.1, -0.05) is 59.6 Å². The molecule has 5 rings (SSSR count). The zero-order chi connectivity index (χ0) is 20.7. The number of carbonyl (C=O) groups is 1. The Labute approximate surface area is 180 Å². The maximum atomic E-state index is 13.3. The van der Waals surface area contributed by atoms with Crippen molar-refractivity contribution in [1.82, 2.24) is 9.88 Å². The first-order valence-electron chi connectivity index (χ1n) is 10.1. The van der Waals surface area contributed by atoms with Crippen LogP contribution in [0.2, 0.25) is 5.02 Å². The average Bonchev–Trinajstić information content (AvgIpc) is 3.12. The highest BCUT2D eigenvalue weighted by molar-refractivity contribution is 6.31. The highest BCUT2D eigenvalue weighted by Crippen LogP contribution is 2.39. The van der Waals surface area contributed by atoms with E-state index in [1.54, 1.807) is 0 Å². The minimum atomic E-state index is -0.191. The van der Waals surface area contributed by atoms with E-state index in [1.165, 1.54) is 11.1 Å². The molecule has 1 aliphatic rings. The lowest BCUT2D eigenvalue weighted by Crippen LogP contribution is -2.43. The number of rotatable bonds is 2. The first-order valence-corrected chi connectivity index (χ1v) is 10.5. The molecule has 0 radical (unpaired) electrons. The number of H-pyrrole nitrogens is 1. The molecule has 0 saturated carbocycles. The van der Waals surface area contributed by atoms with Crippen LogP contribution in [0.25, 0.3) is 10.9 Å². The molecular formula is C25H22ClN3O. The number of aromatic nitrogens is 1. The molecule has 0 spiro atoms. The van der Waals surface area contributed by atoms with Gasteiger partial charge in [-0.25, -0.2) is 4.79 Å². The topological polar surface area (TPSA) is 48.1 Å². The summed E-state index contributed by atoms with van der Waals surface area (Å²) in [5.41, 5.74) is 6.42. The lowest BCUT2D eigenvalue weighted by atomic mass is 9.92. The summed E-state index contributed by atoms with van der Waals surface area (Å²) in [5, 5.41) is 4.91. The number of amides is 2. The van der Waals surface area contributed by atoms with E-state index in [9.17, 15) is 4.79 Å². The summed E-state index contributed by atoms with van der Waals surface area (Å²) >= 11 is 6.27. The quantitative estimate of drug-likeness (QED) is 0.396. The van der Waals surface area contributed by atoms with Gasteiger partial charge in [0.05, 0.1) is 6.04 Å². The van der Waals surface area contributed by atoms with Crippen LogP contribution in [0.3, 0.4) is 0 Å². The van der Waals surface area contributed by atoms with Gasteiger partial charge in [-0.2, -0.15) is 0 Å². The Balaban J connectivity index is 1.60. The van der Waals surface area contributed by atoms with Gasteiger partial charge >= 0.3 is 6.03 Å². The standard InChI is InChI=1S/C25H22ClN3O/c1-16-7-9-17(10-8-16)24-23-20(21-15-18(26)11-12-22(21)28-23)13-14-29(24)25(30)27-19-5-3-2-4-6-19/h2-12,15,24,28H,13-14H2,1H3,(H,27,30)/t24-/m0/s1. The molecule has 5 heteroatoms. The number of nitrogens with zero attached hydrogens (tertiary/aromatic N) is 1. The first kappa shape index (κ1) is 18.8. The van der Waals surface area contributed by atoms with E-state index in [0.29, 0.717) is 6.54 Å². The van der Waals surface area contributed by atoms with Gasteiger partial charge < -0.3 is 15.2 Å². The number of para-hydroxylation sites is 1. The van der Waals surface area contributed by atoms with Crippen LogP contribution >= 0.6 is 11.6 Å². The van der Waals surface area contributed by atoms with Gasteiger partial charge in [-0.15, -0.1) is 0 Å². The summed E-state index contributed by atoms with van der Waals surface area (Å²) in [6.07, 6.45) is 0.778. The third-order valence-electron chi connectivity index (χ3n) is 5.77. The van der Waals surface area contributed by atoms with Gasteiger partial charge in [0.15, 0.2) is 0 Å². The van der Waals surface area contributed by atoms with E-state index >= 15 is 0 Å². The second-order valence-corrected chi connectivity index (χ2v) is 8.20. The lowest BCUT2D eigenvalue weighted by molar-refractivity contribution is 0.193. The molecule has 0 bridgehead atoms. The normalized spacial score (nSPS) is 15.8. The minimum absolute atomic E-state index is 0.103. The number of aryl methyl sites for hydroxylation is 1. The Bertz CT molecular complexity index is 1210. The number of fused-ring (bicyclic) bond motifs is 3. The predicted octanol–water partition coefficient (Wildman–Crippen LogP) is 6.31. The molecule has 150 valence electrons. The molecule has 3 aromatic carbocycles. The zero-order valence-corrected chi connectivity index (χ0v) is 17.4. The minimum Gasteiger partial charge on any atom is -0.356 e. The van der Waals surface area contributed by atoms with Gasteiger partial charge in [0.25, 0.3) is 0 Å². The van der Waals surface area contributed by atoms with Crippen molar-refractivity contribution in [2.24, 2.45) is 0 Å². The number of nitrogens with one attached hydrogen (secondary N) is 2. The largest absolute Gasteiger partial charge is 0.356 e. The van der Waals surface area contributed by atoms with E-state index in [0.717, 1.165) is 39.3 Å². The van der Waals surface area contributed by atoms with Crippen LogP contribution in [-0.4, -0.2) is 22.5 Å². The van der Waals surface area contributed by atoms with Crippen molar-refractivity contribution in [2.45, 2.75) is 19.4 Å². The second-order valence-electron chi connectivity index (χ2n) is 7.76. The zero-order valence-electron chi connectivity index (χ0n) is 16.7. The smallest absolute Gasteiger partial charge is 0.322 e. The van der Waals surface area contributed by atoms with Crippen LogP contribution < -0.4 is 5.32 Å². The number of anilines is 1. The molecule has 4 aromatic rings. The van der Waals surface area contributed by atoms with E-state index in [4.69, 9.17) is 11.6 Å². The van der Waals surface area contributed by atoms with Crippen LogP contribution in [0.4, 0.5) is 10.5 Å². The van der Waals surface area contributed by atoms with Crippen LogP contribution in [-0.2, 0) is 6.42 Å².